The van der Waals surface area contributed by atoms with Crippen LogP contribution in [0.2, 0.25) is 0 Å². The molecule has 0 spiro atoms. The summed E-state index contributed by atoms with van der Waals surface area (Å²) in [4.78, 5) is 15.3. The van der Waals surface area contributed by atoms with Crippen LogP contribution < -0.4 is 11.1 Å². The Hall–Kier alpha value is -2.14. The fraction of sp³-hybridized carbons (Fsp3) is 0.231. The Morgan fingerprint density at radius 3 is 3.06 bits per heavy atom. The summed E-state index contributed by atoms with van der Waals surface area (Å²) in [5.74, 6) is 1.30. The Bertz CT molecular complexity index is 604. The second kappa shape index (κ2) is 4.27. The first-order chi connectivity index (χ1) is 8.76. The maximum absolute atomic E-state index is 11.3. The first-order valence-electron chi connectivity index (χ1n) is 5.84. The topological polar surface area (TPSA) is 81.1 Å². The number of rotatable bonds is 2. The lowest BCUT2D eigenvalue weighted by Gasteiger charge is -2.16. The lowest BCUT2D eigenvalue weighted by atomic mass is 10.00. The number of carbonyl (C=O) groups is 1. The number of amides is 1. The molecule has 1 aromatic heterocycles. The highest BCUT2D eigenvalue weighted by molar-refractivity contribution is 5.94. The molecule has 1 aromatic carbocycles. The molecule has 5 nitrogen and oxygen atoms in total. The maximum atomic E-state index is 11.3. The van der Waals surface area contributed by atoms with Crippen molar-refractivity contribution in [2.45, 2.75) is 19.4 Å². The van der Waals surface area contributed by atoms with E-state index in [-0.39, 0.29) is 5.91 Å². The summed E-state index contributed by atoms with van der Waals surface area (Å²) in [5.41, 5.74) is 8.43. The number of hydrogen-bond acceptors (Lipinski definition) is 4. The Balaban J connectivity index is 1.97. The summed E-state index contributed by atoms with van der Waals surface area (Å²) in [6, 6.07) is 5.83. The van der Waals surface area contributed by atoms with E-state index in [4.69, 9.17) is 10.2 Å². The predicted octanol–water partition coefficient (Wildman–Crippen LogP) is 1.68. The molecule has 5 heteroatoms. The van der Waals surface area contributed by atoms with Crippen molar-refractivity contribution in [3.63, 3.8) is 0 Å². The molecule has 0 radical (unpaired) electrons. The zero-order valence-corrected chi connectivity index (χ0v) is 9.77. The Morgan fingerprint density at radius 1 is 1.39 bits per heavy atom. The summed E-state index contributed by atoms with van der Waals surface area (Å²) in [6.07, 6.45) is 2.96. The SMILES string of the molecule is NCc1ncc(-c2ccc3c(c2)CCC(=O)N3)o1. The largest absolute Gasteiger partial charge is 0.439 e. The predicted molar refractivity (Wildman–Crippen MR) is 66.8 cm³/mol. The molecule has 0 bridgehead atoms. The lowest BCUT2D eigenvalue weighted by Crippen LogP contribution is -2.18. The average molecular weight is 243 g/mol. The second-order valence-corrected chi connectivity index (χ2v) is 4.24. The number of nitrogens with one attached hydrogen (secondary N) is 1. The number of benzene rings is 1. The molecule has 3 N–H and O–H groups in total. The van der Waals surface area contributed by atoms with E-state index in [1.54, 1.807) is 6.20 Å². The van der Waals surface area contributed by atoms with Gasteiger partial charge in [0.2, 0.25) is 11.8 Å². The number of oxazole rings is 1. The number of carbonyl (C=O) groups excluding carboxylic acids is 1. The van der Waals surface area contributed by atoms with Gasteiger partial charge in [-0.1, -0.05) is 0 Å². The third-order valence-corrected chi connectivity index (χ3v) is 3.01. The minimum atomic E-state index is 0.0698. The van der Waals surface area contributed by atoms with Crippen LogP contribution in [-0.2, 0) is 17.8 Å². The van der Waals surface area contributed by atoms with Crippen LogP contribution in [-0.4, -0.2) is 10.9 Å². The van der Waals surface area contributed by atoms with Gasteiger partial charge in [-0.05, 0) is 30.2 Å². The van der Waals surface area contributed by atoms with Gasteiger partial charge in [0, 0.05) is 17.7 Å². The van der Waals surface area contributed by atoms with E-state index in [0.29, 0.717) is 24.6 Å². The van der Waals surface area contributed by atoms with Crippen molar-refractivity contribution in [1.29, 1.82) is 0 Å². The number of aromatic nitrogens is 1. The third-order valence-electron chi connectivity index (χ3n) is 3.01. The maximum Gasteiger partial charge on any atom is 0.224 e. The van der Waals surface area contributed by atoms with Gasteiger partial charge < -0.3 is 15.5 Å². The molecule has 1 amide bonds. The van der Waals surface area contributed by atoms with E-state index >= 15 is 0 Å². The minimum Gasteiger partial charge on any atom is -0.439 e. The van der Waals surface area contributed by atoms with Gasteiger partial charge in [0.15, 0.2) is 5.76 Å². The highest BCUT2D eigenvalue weighted by Gasteiger charge is 2.16. The zero-order chi connectivity index (χ0) is 12.5. The van der Waals surface area contributed by atoms with Gasteiger partial charge in [0.05, 0.1) is 12.7 Å². The molecule has 2 heterocycles. The van der Waals surface area contributed by atoms with E-state index in [1.165, 1.54) is 0 Å². The van der Waals surface area contributed by atoms with Gasteiger partial charge in [-0.15, -0.1) is 0 Å². The van der Waals surface area contributed by atoms with Crippen LogP contribution >= 0.6 is 0 Å². The molecule has 18 heavy (non-hydrogen) atoms. The first kappa shape index (κ1) is 11.0. The Labute approximate surface area is 104 Å². The van der Waals surface area contributed by atoms with Crippen LogP contribution in [0, 0.1) is 0 Å². The molecule has 0 atom stereocenters. The number of hydrogen-bond donors (Lipinski definition) is 2. The molecular weight excluding hydrogens is 230 g/mol. The smallest absolute Gasteiger partial charge is 0.224 e. The van der Waals surface area contributed by atoms with E-state index in [9.17, 15) is 4.79 Å². The standard InChI is InChI=1S/C13H13N3O2/c14-6-13-15-7-11(18-13)9-1-3-10-8(5-9)2-4-12(17)16-10/h1,3,5,7H,2,4,6,14H2,(H,16,17). The number of nitrogens with two attached hydrogens (primary N) is 1. The number of aryl methyl sites for hydroxylation is 1. The summed E-state index contributed by atoms with van der Waals surface area (Å²) in [7, 11) is 0. The third kappa shape index (κ3) is 1.89. The van der Waals surface area contributed by atoms with E-state index < -0.39 is 0 Å². The summed E-state index contributed by atoms with van der Waals surface area (Å²) in [6.45, 7) is 0.293. The average Bonchev–Trinajstić information content (AvgIpc) is 2.87. The molecule has 2 aromatic rings. The van der Waals surface area contributed by atoms with Crippen molar-refractivity contribution in [1.82, 2.24) is 4.98 Å². The van der Waals surface area contributed by atoms with Gasteiger partial charge in [0.25, 0.3) is 0 Å². The van der Waals surface area contributed by atoms with Crippen LogP contribution in [0.3, 0.4) is 0 Å². The van der Waals surface area contributed by atoms with Crippen LogP contribution in [0.1, 0.15) is 17.9 Å². The highest BCUT2D eigenvalue weighted by Crippen LogP contribution is 2.28. The molecule has 1 aliphatic heterocycles. The van der Waals surface area contributed by atoms with Crippen molar-refractivity contribution in [2.24, 2.45) is 5.73 Å². The van der Waals surface area contributed by atoms with Crippen LogP contribution in [0.25, 0.3) is 11.3 Å². The monoisotopic (exact) mass is 243 g/mol. The minimum absolute atomic E-state index is 0.0698. The molecule has 3 rings (SSSR count). The molecule has 0 saturated heterocycles. The summed E-state index contributed by atoms with van der Waals surface area (Å²) in [5, 5.41) is 2.85. The van der Waals surface area contributed by atoms with Crippen LogP contribution in [0.15, 0.2) is 28.8 Å². The van der Waals surface area contributed by atoms with Gasteiger partial charge in [-0.25, -0.2) is 4.98 Å². The second-order valence-electron chi connectivity index (χ2n) is 4.24. The van der Waals surface area contributed by atoms with Crippen LogP contribution in [0.5, 0.6) is 0 Å². The Kier molecular flexibility index (Phi) is 2.60. The number of fused-ring (bicyclic) bond motifs is 1. The van der Waals surface area contributed by atoms with Crippen LogP contribution in [0.4, 0.5) is 5.69 Å². The molecule has 0 saturated carbocycles. The zero-order valence-electron chi connectivity index (χ0n) is 9.77. The first-order valence-corrected chi connectivity index (χ1v) is 5.84. The molecule has 0 aliphatic carbocycles. The van der Waals surface area contributed by atoms with Gasteiger partial charge in [-0.2, -0.15) is 0 Å². The normalized spacial score (nSPS) is 14.2. The highest BCUT2D eigenvalue weighted by atomic mass is 16.4. The molecular formula is C13H13N3O2. The van der Waals surface area contributed by atoms with E-state index in [0.717, 1.165) is 23.2 Å². The lowest BCUT2D eigenvalue weighted by molar-refractivity contribution is -0.116. The quantitative estimate of drug-likeness (QED) is 0.840. The molecule has 92 valence electrons. The summed E-state index contributed by atoms with van der Waals surface area (Å²) >= 11 is 0. The molecule has 0 fully saturated rings. The van der Waals surface area contributed by atoms with Crippen molar-refractivity contribution < 1.29 is 9.21 Å². The fourth-order valence-corrected chi connectivity index (χ4v) is 2.07. The van der Waals surface area contributed by atoms with Gasteiger partial charge in [-0.3, -0.25) is 4.79 Å². The van der Waals surface area contributed by atoms with E-state index in [1.807, 2.05) is 18.2 Å². The van der Waals surface area contributed by atoms with Crippen molar-refractivity contribution in [2.75, 3.05) is 5.32 Å². The van der Waals surface area contributed by atoms with Gasteiger partial charge >= 0.3 is 0 Å². The van der Waals surface area contributed by atoms with Crippen molar-refractivity contribution >= 4 is 11.6 Å². The molecule has 0 unspecified atom stereocenters. The van der Waals surface area contributed by atoms with Crippen molar-refractivity contribution in [3.8, 4) is 11.3 Å². The fourth-order valence-electron chi connectivity index (χ4n) is 2.07. The number of nitrogens with zero attached hydrogens (tertiary/aromatic N) is 1. The van der Waals surface area contributed by atoms with Gasteiger partial charge in [0.1, 0.15) is 0 Å². The van der Waals surface area contributed by atoms with E-state index in [2.05, 4.69) is 10.3 Å². The summed E-state index contributed by atoms with van der Waals surface area (Å²) < 4.78 is 5.51. The molecule has 1 aliphatic rings. The van der Waals surface area contributed by atoms with Crippen molar-refractivity contribution in [3.05, 3.63) is 35.9 Å². The Morgan fingerprint density at radius 2 is 2.28 bits per heavy atom. The number of anilines is 1.